The lowest BCUT2D eigenvalue weighted by Gasteiger charge is -2.15. The highest BCUT2D eigenvalue weighted by molar-refractivity contribution is 5.70. The Morgan fingerprint density at radius 2 is 0.478 bits per heavy atom. The van der Waals surface area contributed by atoms with Crippen molar-refractivity contribution in [3.63, 3.8) is 0 Å². The van der Waals surface area contributed by atoms with Crippen LogP contribution in [-0.4, -0.2) is 36.4 Å². The summed E-state index contributed by atoms with van der Waals surface area (Å²) in [6, 6.07) is 0. The van der Waals surface area contributed by atoms with E-state index in [-0.39, 0.29) is 25.2 Å². The zero-order valence-corrected chi connectivity index (χ0v) is 59.1. The minimum Gasteiger partial charge on any atom is -0.462 e. The normalized spacial score (nSPS) is 13.1. The van der Waals surface area contributed by atoms with E-state index in [0.717, 1.165) is 116 Å². The maximum atomic E-state index is 12.4. The van der Waals surface area contributed by atoms with Crippen molar-refractivity contribution in [1.82, 2.24) is 0 Å². The van der Waals surface area contributed by atoms with Crippen LogP contribution in [0, 0.1) is 0 Å². The van der Waals surface area contributed by atoms with Crippen molar-refractivity contribution in [2.24, 2.45) is 0 Å². The highest BCUT2D eigenvalue weighted by Gasteiger charge is 2.16. The van der Waals surface area contributed by atoms with Gasteiger partial charge < -0.3 is 14.6 Å². The van der Waals surface area contributed by atoms with Gasteiger partial charge in [0.05, 0.1) is 6.61 Å². The summed E-state index contributed by atoms with van der Waals surface area (Å²) in [6.45, 7) is 4.03. The Hall–Kier alpha value is -4.22. The molecule has 0 aromatic rings. The van der Waals surface area contributed by atoms with E-state index in [1.165, 1.54) is 218 Å². The third-order valence-electron chi connectivity index (χ3n) is 16.6. The molecule has 0 aliphatic carbocycles. The number of hydrogen-bond donors (Lipinski definition) is 1. The number of unbranched alkanes of at least 4 members (excludes halogenated alkanes) is 38. The van der Waals surface area contributed by atoms with E-state index in [1.54, 1.807) is 0 Å². The molecule has 0 rings (SSSR count). The summed E-state index contributed by atoms with van der Waals surface area (Å²) in [5, 5.41) is 9.72. The van der Waals surface area contributed by atoms with Gasteiger partial charge in [0.25, 0.3) is 0 Å². The Bertz CT molecular complexity index is 1850. The number of aliphatic hydroxyl groups excluding tert-OH is 1. The second-order valence-electron chi connectivity index (χ2n) is 25.3. The summed E-state index contributed by atoms with van der Waals surface area (Å²) in [5.41, 5.74) is 0. The standard InChI is InChI=1S/C85H144O5/c1-3-5-7-9-11-13-15-17-19-21-23-25-27-29-31-33-35-37-39-40-41-42-43-44-46-47-49-51-53-55-57-59-61-63-65-67-69-71-73-75-77-79-84(87)89-82-83(81-86)90-85(88)80-78-76-74-72-70-68-66-64-62-60-58-56-54-52-50-48-45-38-36-34-32-30-28-26-24-22-20-18-16-14-12-10-8-6-4-2/h6,8,12,14-15,17-18,20-21,23-24,26-27,29-30,32,36,38,48,50,54,56,60,62,83,86H,3-5,7,9-11,13,16,19,22,25,28,31,33-35,37,39-47,49,51-53,55,57-59,61,63-82H2,1-2H3/b8-6-,14-12-,17-15-,20-18-,23-21-,26-24-,29-27-,32-30-,38-36-,50-48-,56-54-,62-60-. The third kappa shape index (κ3) is 76.2. The third-order valence-corrected chi connectivity index (χ3v) is 16.6. The van der Waals surface area contributed by atoms with Gasteiger partial charge in [0.2, 0.25) is 0 Å². The molecule has 514 valence electrons. The molecule has 0 aliphatic rings. The molecule has 0 saturated heterocycles. The van der Waals surface area contributed by atoms with E-state index >= 15 is 0 Å². The van der Waals surface area contributed by atoms with Crippen molar-refractivity contribution in [2.45, 2.75) is 367 Å². The van der Waals surface area contributed by atoms with Crippen LogP contribution in [0.1, 0.15) is 361 Å². The molecule has 1 atom stereocenters. The Labute approximate surface area is 558 Å². The molecule has 5 heteroatoms. The lowest BCUT2D eigenvalue weighted by atomic mass is 10.0. The second-order valence-corrected chi connectivity index (χ2v) is 25.3. The molecular weight excluding hydrogens is 1100 g/mol. The van der Waals surface area contributed by atoms with Crippen molar-refractivity contribution < 1.29 is 24.2 Å². The van der Waals surface area contributed by atoms with Crippen LogP contribution < -0.4 is 0 Å². The smallest absolute Gasteiger partial charge is 0.306 e. The fraction of sp³-hybridized carbons (Fsp3) is 0.694. The molecule has 0 fully saturated rings. The summed E-state index contributed by atoms with van der Waals surface area (Å²) >= 11 is 0. The summed E-state index contributed by atoms with van der Waals surface area (Å²) in [7, 11) is 0. The minimum absolute atomic E-state index is 0.0747. The quantitative estimate of drug-likeness (QED) is 0.0373. The van der Waals surface area contributed by atoms with Crippen molar-refractivity contribution >= 4 is 11.9 Å². The van der Waals surface area contributed by atoms with Gasteiger partial charge in [-0.2, -0.15) is 0 Å². The van der Waals surface area contributed by atoms with E-state index in [9.17, 15) is 14.7 Å². The topological polar surface area (TPSA) is 72.8 Å². The molecule has 0 amide bonds. The van der Waals surface area contributed by atoms with Gasteiger partial charge in [0.15, 0.2) is 6.10 Å². The summed E-state index contributed by atoms with van der Waals surface area (Å²) in [6.07, 6.45) is 119. The summed E-state index contributed by atoms with van der Waals surface area (Å²) in [5.74, 6) is -0.598. The van der Waals surface area contributed by atoms with Crippen molar-refractivity contribution in [2.75, 3.05) is 13.2 Å². The Balaban J connectivity index is 3.48. The number of carbonyl (C=O) groups excluding carboxylic acids is 2. The first-order chi connectivity index (χ1) is 44.6. The second kappa shape index (κ2) is 79.0. The zero-order chi connectivity index (χ0) is 64.7. The highest BCUT2D eigenvalue weighted by atomic mass is 16.6. The molecule has 0 radical (unpaired) electrons. The molecule has 0 heterocycles. The van der Waals surface area contributed by atoms with E-state index in [2.05, 4.69) is 160 Å². The Morgan fingerprint density at radius 1 is 0.267 bits per heavy atom. The van der Waals surface area contributed by atoms with E-state index in [1.807, 2.05) is 0 Å². The molecule has 0 bridgehead atoms. The Morgan fingerprint density at radius 3 is 0.722 bits per heavy atom. The molecule has 1 N–H and O–H groups in total. The Kier molecular flexibility index (Phi) is 75.3. The van der Waals surface area contributed by atoms with Gasteiger partial charge in [-0.25, -0.2) is 0 Å². The van der Waals surface area contributed by atoms with Crippen LogP contribution in [0.4, 0.5) is 0 Å². The van der Waals surface area contributed by atoms with Gasteiger partial charge >= 0.3 is 11.9 Å². The molecule has 1 unspecified atom stereocenters. The SMILES string of the molecule is CC/C=C\C/C=C\C/C=C\C/C=C\C/C=C\C/C=C\C/C=C\C/C=C\C/C=C\CCCCCCCCCC(=O)OC(CO)COC(=O)CCCCCCCCCCCCCCCCCCCCCCCCCCCC/C=C\C/C=C\C/C=C\CCCCCCC. The predicted octanol–water partition coefficient (Wildman–Crippen LogP) is 27.2. The fourth-order valence-corrected chi connectivity index (χ4v) is 10.9. The van der Waals surface area contributed by atoms with Crippen molar-refractivity contribution in [3.8, 4) is 0 Å². The van der Waals surface area contributed by atoms with Crippen molar-refractivity contribution in [1.29, 1.82) is 0 Å². The molecule has 0 spiro atoms. The summed E-state index contributed by atoms with van der Waals surface area (Å²) in [4.78, 5) is 24.7. The number of hydrogen-bond acceptors (Lipinski definition) is 5. The predicted molar refractivity (Wildman–Crippen MR) is 398 cm³/mol. The number of aliphatic hydroxyl groups is 1. The van der Waals surface area contributed by atoms with Gasteiger partial charge in [-0.05, 0) is 122 Å². The van der Waals surface area contributed by atoms with Crippen LogP contribution >= 0.6 is 0 Å². The van der Waals surface area contributed by atoms with Crippen LogP contribution in [0.3, 0.4) is 0 Å². The van der Waals surface area contributed by atoms with Gasteiger partial charge in [0, 0.05) is 12.8 Å². The number of ether oxygens (including phenoxy) is 2. The van der Waals surface area contributed by atoms with Gasteiger partial charge in [-0.1, -0.05) is 372 Å². The number of rotatable bonds is 70. The number of esters is 2. The molecular formula is C85H144O5. The largest absolute Gasteiger partial charge is 0.462 e. The van der Waals surface area contributed by atoms with Crippen LogP contribution in [0.2, 0.25) is 0 Å². The molecule has 90 heavy (non-hydrogen) atoms. The zero-order valence-electron chi connectivity index (χ0n) is 59.1. The lowest BCUT2D eigenvalue weighted by Crippen LogP contribution is -2.28. The van der Waals surface area contributed by atoms with Crippen LogP contribution in [0.15, 0.2) is 146 Å². The van der Waals surface area contributed by atoms with E-state index in [4.69, 9.17) is 9.47 Å². The van der Waals surface area contributed by atoms with Crippen LogP contribution in [0.5, 0.6) is 0 Å². The highest BCUT2D eigenvalue weighted by Crippen LogP contribution is 2.18. The molecule has 0 aromatic carbocycles. The number of carbonyl (C=O) groups is 2. The first kappa shape index (κ1) is 85.8. The molecule has 0 aliphatic heterocycles. The molecule has 0 aromatic heterocycles. The van der Waals surface area contributed by atoms with E-state index in [0.29, 0.717) is 12.8 Å². The molecule has 5 nitrogen and oxygen atoms in total. The maximum Gasteiger partial charge on any atom is 0.306 e. The lowest BCUT2D eigenvalue weighted by molar-refractivity contribution is -0.161. The van der Waals surface area contributed by atoms with Crippen molar-refractivity contribution in [3.05, 3.63) is 146 Å². The average molecular weight is 1250 g/mol. The minimum atomic E-state index is -0.788. The first-order valence-electron chi connectivity index (χ1n) is 38.4. The maximum absolute atomic E-state index is 12.4. The average Bonchev–Trinajstić information content (AvgIpc) is 3.58. The number of allylic oxidation sites excluding steroid dienone is 24. The first-order valence-corrected chi connectivity index (χ1v) is 38.4. The molecule has 0 saturated carbocycles. The van der Waals surface area contributed by atoms with E-state index < -0.39 is 6.10 Å². The van der Waals surface area contributed by atoms with Crippen LogP contribution in [0.25, 0.3) is 0 Å². The summed E-state index contributed by atoms with van der Waals surface area (Å²) < 4.78 is 10.8. The fourth-order valence-electron chi connectivity index (χ4n) is 10.9. The monoisotopic (exact) mass is 1250 g/mol. The van der Waals surface area contributed by atoms with Gasteiger partial charge in [-0.15, -0.1) is 0 Å². The van der Waals surface area contributed by atoms with Gasteiger partial charge in [0.1, 0.15) is 6.61 Å². The van der Waals surface area contributed by atoms with Crippen LogP contribution in [-0.2, 0) is 19.1 Å². The van der Waals surface area contributed by atoms with Gasteiger partial charge in [-0.3, -0.25) is 9.59 Å².